The lowest BCUT2D eigenvalue weighted by Gasteiger charge is -2.00. The molecule has 6 nitrogen and oxygen atoms in total. The molecule has 0 unspecified atom stereocenters. The van der Waals surface area contributed by atoms with Crippen molar-refractivity contribution >= 4 is 23.3 Å². The second-order valence-corrected chi connectivity index (χ2v) is 4.04. The van der Waals surface area contributed by atoms with Crippen molar-refractivity contribution in [2.24, 2.45) is 0 Å². The highest BCUT2D eigenvalue weighted by Gasteiger charge is 1.94. The fourth-order valence-electron chi connectivity index (χ4n) is 1.19. The van der Waals surface area contributed by atoms with Crippen molar-refractivity contribution in [3.8, 4) is 0 Å². The van der Waals surface area contributed by atoms with Gasteiger partial charge < -0.3 is 21.3 Å². The van der Waals surface area contributed by atoms with Gasteiger partial charge in [0, 0.05) is 18.3 Å². The number of rotatable bonds is 3. The van der Waals surface area contributed by atoms with E-state index in [2.05, 4.69) is 5.32 Å². The van der Waals surface area contributed by atoms with Gasteiger partial charge in [-0.05, 0) is 24.3 Å². The van der Waals surface area contributed by atoms with E-state index in [4.69, 9.17) is 20.7 Å². The van der Waals surface area contributed by atoms with E-state index in [1.807, 2.05) is 60.7 Å². The fraction of sp³-hybridized carbons (Fsp3) is 0.125. The van der Waals surface area contributed by atoms with Gasteiger partial charge in [-0.15, -0.1) is 0 Å². The first kappa shape index (κ1) is 19.0. The summed E-state index contributed by atoms with van der Waals surface area (Å²) in [7, 11) is 0. The Hall–Kier alpha value is -3.02. The zero-order valence-corrected chi connectivity index (χ0v) is 12.3. The highest BCUT2D eigenvalue weighted by atomic mass is 16.4. The van der Waals surface area contributed by atoms with Crippen LogP contribution in [0.3, 0.4) is 0 Å². The Kier molecular flexibility index (Phi) is 10.2. The smallest absolute Gasteiger partial charge is 0.322 e. The van der Waals surface area contributed by atoms with Crippen LogP contribution in [0.1, 0.15) is 6.92 Å². The van der Waals surface area contributed by atoms with E-state index in [-0.39, 0.29) is 6.54 Å². The molecule has 0 fully saturated rings. The summed E-state index contributed by atoms with van der Waals surface area (Å²) in [4.78, 5) is 19.1. The van der Waals surface area contributed by atoms with Gasteiger partial charge in [0.2, 0.25) is 0 Å². The molecule has 0 radical (unpaired) electrons. The first-order chi connectivity index (χ1) is 10.4. The van der Waals surface area contributed by atoms with Crippen LogP contribution >= 0.6 is 0 Å². The maximum absolute atomic E-state index is 10.1. The molecule has 0 aliphatic carbocycles. The third-order valence-electron chi connectivity index (χ3n) is 2.02. The van der Waals surface area contributed by atoms with Gasteiger partial charge in [0.1, 0.15) is 6.54 Å². The molecule has 118 valence electrons. The minimum atomic E-state index is -0.853. The van der Waals surface area contributed by atoms with Crippen LogP contribution in [-0.4, -0.2) is 28.7 Å². The Morgan fingerprint density at radius 1 is 0.955 bits per heavy atom. The van der Waals surface area contributed by atoms with Crippen molar-refractivity contribution in [3.63, 3.8) is 0 Å². The summed E-state index contributed by atoms with van der Waals surface area (Å²) in [5.41, 5.74) is 7.01. The predicted octanol–water partition coefficient (Wildman–Crippen LogP) is 2.54. The number of nitrogen functional groups attached to an aromatic ring is 1. The SMILES string of the molecule is CC(=O)O.Nc1ccccc1.O=C(O)CNc1ccccc1. The number of hydrogen-bond acceptors (Lipinski definition) is 4. The number of aliphatic carboxylic acids is 2. The summed E-state index contributed by atoms with van der Waals surface area (Å²) < 4.78 is 0. The van der Waals surface area contributed by atoms with Crippen LogP contribution in [0.2, 0.25) is 0 Å². The average molecular weight is 304 g/mol. The van der Waals surface area contributed by atoms with Crippen molar-refractivity contribution in [3.05, 3.63) is 60.7 Å². The van der Waals surface area contributed by atoms with E-state index in [1.54, 1.807) is 0 Å². The van der Waals surface area contributed by atoms with Crippen LogP contribution in [0, 0.1) is 0 Å². The lowest BCUT2D eigenvalue weighted by atomic mass is 10.3. The molecule has 2 rings (SSSR count). The van der Waals surface area contributed by atoms with Crippen LogP contribution < -0.4 is 11.1 Å². The zero-order chi connectivity index (χ0) is 16.8. The van der Waals surface area contributed by atoms with E-state index in [0.29, 0.717) is 0 Å². The number of carboxylic acid groups (broad SMARTS) is 2. The Labute approximate surface area is 129 Å². The summed E-state index contributed by atoms with van der Waals surface area (Å²) in [6, 6.07) is 18.7. The van der Waals surface area contributed by atoms with Crippen LogP contribution in [0.4, 0.5) is 11.4 Å². The Morgan fingerprint density at radius 2 is 1.36 bits per heavy atom. The summed E-state index contributed by atoms with van der Waals surface area (Å²) in [6.45, 7) is 1.05. The normalized spacial score (nSPS) is 8.41. The lowest BCUT2D eigenvalue weighted by molar-refractivity contribution is -0.135. The third-order valence-corrected chi connectivity index (χ3v) is 2.02. The van der Waals surface area contributed by atoms with E-state index >= 15 is 0 Å². The van der Waals surface area contributed by atoms with Crippen LogP contribution in [-0.2, 0) is 9.59 Å². The van der Waals surface area contributed by atoms with Crippen LogP contribution in [0.15, 0.2) is 60.7 Å². The van der Waals surface area contributed by atoms with E-state index < -0.39 is 11.9 Å². The summed E-state index contributed by atoms with van der Waals surface area (Å²) in [5, 5.41) is 18.5. The molecule has 5 N–H and O–H groups in total. The lowest BCUT2D eigenvalue weighted by Crippen LogP contribution is -2.11. The van der Waals surface area contributed by atoms with Crippen molar-refractivity contribution in [1.82, 2.24) is 0 Å². The Bertz CT molecular complexity index is 541. The second kappa shape index (κ2) is 11.8. The first-order valence-corrected chi connectivity index (χ1v) is 6.42. The molecule has 2 aromatic carbocycles. The topological polar surface area (TPSA) is 113 Å². The van der Waals surface area contributed by atoms with E-state index in [9.17, 15) is 4.79 Å². The van der Waals surface area contributed by atoms with Crippen molar-refractivity contribution in [2.75, 3.05) is 17.6 Å². The van der Waals surface area contributed by atoms with Crippen molar-refractivity contribution in [1.29, 1.82) is 0 Å². The average Bonchev–Trinajstić information content (AvgIpc) is 2.47. The number of carboxylic acids is 2. The molecule has 0 aliphatic heterocycles. The fourth-order valence-corrected chi connectivity index (χ4v) is 1.19. The van der Waals surface area contributed by atoms with E-state index in [0.717, 1.165) is 18.3 Å². The van der Waals surface area contributed by atoms with Gasteiger partial charge in [0.15, 0.2) is 0 Å². The molecule has 6 heteroatoms. The zero-order valence-electron chi connectivity index (χ0n) is 12.3. The van der Waals surface area contributed by atoms with Crippen molar-refractivity contribution in [2.45, 2.75) is 6.92 Å². The molecule has 0 saturated heterocycles. The van der Waals surface area contributed by atoms with Gasteiger partial charge in [-0.25, -0.2) is 0 Å². The quantitative estimate of drug-likeness (QED) is 0.648. The number of anilines is 2. The maximum Gasteiger partial charge on any atom is 0.322 e. The Balaban J connectivity index is 0.000000343. The number of hydrogen-bond donors (Lipinski definition) is 4. The molecule has 0 aromatic heterocycles. The molecule has 0 amide bonds. The highest BCUT2D eigenvalue weighted by molar-refractivity contribution is 5.72. The first-order valence-electron chi connectivity index (χ1n) is 6.42. The van der Waals surface area contributed by atoms with Crippen LogP contribution in [0.5, 0.6) is 0 Å². The molecule has 0 saturated carbocycles. The molecule has 0 spiro atoms. The summed E-state index contributed by atoms with van der Waals surface area (Å²) >= 11 is 0. The van der Waals surface area contributed by atoms with Crippen molar-refractivity contribution < 1.29 is 19.8 Å². The van der Waals surface area contributed by atoms with Gasteiger partial charge in [-0.1, -0.05) is 36.4 Å². The molecular formula is C16H20N2O4. The van der Waals surface area contributed by atoms with Gasteiger partial charge in [-0.2, -0.15) is 0 Å². The van der Waals surface area contributed by atoms with Gasteiger partial charge >= 0.3 is 5.97 Å². The minimum Gasteiger partial charge on any atom is -0.481 e. The molecule has 0 bridgehead atoms. The number of para-hydroxylation sites is 2. The maximum atomic E-state index is 10.1. The number of carbonyl (C=O) groups is 2. The molecule has 22 heavy (non-hydrogen) atoms. The molecule has 0 heterocycles. The van der Waals surface area contributed by atoms with Gasteiger partial charge in [0.05, 0.1) is 0 Å². The number of nitrogens with one attached hydrogen (secondary N) is 1. The highest BCUT2D eigenvalue weighted by Crippen LogP contribution is 2.03. The van der Waals surface area contributed by atoms with Gasteiger partial charge in [-0.3, -0.25) is 9.59 Å². The standard InChI is InChI=1S/C8H9NO2.C6H7N.C2H4O2/c10-8(11)6-9-7-4-2-1-3-5-7;7-6-4-2-1-3-5-6;1-2(3)4/h1-5,9H,6H2,(H,10,11);1-5H,7H2;1H3,(H,3,4). The third kappa shape index (κ3) is 13.4. The second-order valence-electron chi connectivity index (χ2n) is 4.04. The van der Waals surface area contributed by atoms with Crippen LogP contribution in [0.25, 0.3) is 0 Å². The van der Waals surface area contributed by atoms with E-state index in [1.165, 1.54) is 0 Å². The Morgan fingerprint density at radius 3 is 1.68 bits per heavy atom. The summed E-state index contributed by atoms with van der Waals surface area (Å²) in [5.74, 6) is -1.69. The summed E-state index contributed by atoms with van der Waals surface area (Å²) in [6.07, 6.45) is 0. The molecule has 2 aromatic rings. The monoisotopic (exact) mass is 304 g/mol. The predicted molar refractivity (Wildman–Crippen MR) is 86.7 cm³/mol. The minimum absolute atomic E-state index is 0.0377. The number of benzene rings is 2. The largest absolute Gasteiger partial charge is 0.481 e. The molecule has 0 aliphatic rings. The van der Waals surface area contributed by atoms with Gasteiger partial charge in [0.25, 0.3) is 5.97 Å². The number of nitrogens with two attached hydrogens (primary N) is 1. The molecular weight excluding hydrogens is 284 g/mol. The molecule has 0 atom stereocenters.